The van der Waals surface area contributed by atoms with Crippen molar-refractivity contribution in [2.45, 2.75) is 139 Å². The third kappa shape index (κ3) is 5.43. The Morgan fingerprint density at radius 2 is 1.36 bits per heavy atom. The Kier molecular flexibility index (Phi) is 8.88. The van der Waals surface area contributed by atoms with Gasteiger partial charge in [0.25, 0.3) is 0 Å². The quantitative estimate of drug-likeness (QED) is 0.196. The second-order valence-electron chi connectivity index (χ2n) is 14.7. The van der Waals surface area contributed by atoms with Gasteiger partial charge in [0.05, 0.1) is 18.0 Å². The molecule has 2 aliphatic heterocycles. The number of Topliss-reactive ketones (excluding diaryl/α,β-unsaturated/α-hetero) is 1. The lowest BCUT2D eigenvalue weighted by atomic mass is 9.45. The molecule has 0 radical (unpaired) electrons. The third-order valence-corrected chi connectivity index (χ3v) is 12.6. The maximum atomic E-state index is 12.3. The minimum Gasteiger partial charge on any atom is -0.547 e. The summed E-state index contributed by atoms with van der Waals surface area (Å²) < 4.78 is 22.9. The average Bonchev–Trinajstić information content (AvgIpc) is 3.32. The van der Waals surface area contributed by atoms with Gasteiger partial charge in [-0.05, 0) is 79.4 Å². The van der Waals surface area contributed by atoms with E-state index in [1.54, 1.807) is 0 Å². The Morgan fingerprint density at radius 3 is 2.02 bits per heavy atom. The van der Waals surface area contributed by atoms with Crippen LogP contribution in [0.5, 0.6) is 0 Å². The molecule has 2 heterocycles. The first-order valence-electron chi connectivity index (χ1n) is 16.1. The monoisotopic (exact) mass is 640 g/mol. The van der Waals surface area contributed by atoms with Crippen LogP contribution < -0.4 is 10.2 Å². The van der Waals surface area contributed by atoms with Gasteiger partial charge < -0.3 is 64.3 Å². The second-order valence-corrected chi connectivity index (χ2v) is 14.7. The first-order valence-corrected chi connectivity index (χ1v) is 16.1. The second kappa shape index (κ2) is 12.0. The van der Waals surface area contributed by atoms with E-state index in [0.717, 1.165) is 38.5 Å². The number of carboxylic acid groups (broad SMARTS) is 2. The molecule has 0 spiro atoms. The number of fused-ring (bicyclic) bond motifs is 5. The zero-order valence-corrected chi connectivity index (χ0v) is 25.4. The highest BCUT2D eigenvalue weighted by Crippen LogP contribution is 2.66. The molecule has 0 aromatic carbocycles. The van der Waals surface area contributed by atoms with Crippen LogP contribution >= 0.6 is 0 Å². The number of ketones is 1. The van der Waals surface area contributed by atoms with Crippen LogP contribution in [0.4, 0.5) is 0 Å². The molecule has 0 unspecified atom stereocenters. The van der Waals surface area contributed by atoms with Crippen molar-refractivity contribution in [2.75, 3.05) is 0 Å². The number of carbonyl (C=O) groups excluding carboxylic acids is 3. The van der Waals surface area contributed by atoms with E-state index in [-0.39, 0.29) is 16.7 Å². The molecule has 4 saturated carbocycles. The molecule has 0 aromatic heterocycles. The Labute approximate surface area is 260 Å². The van der Waals surface area contributed by atoms with E-state index < -0.39 is 79.5 Å². The number of ether oxygens (including phenoxy) is 4. The fourth-order valence-electron chi connectivity index (χ4n) is 9.98. The molecule has 6 aliphatic rings. The SMILES string of the molecule is C[C@]12CCC(=O)C[C@@H]1CC[C@@H]1[C@@H]2CC[C@]2(C)[C@@H](O[C@@H]3O[C@H](C(=O)[O-])[C@@H](O)[C@H](O)[C@H]3O[C@@H]3O[C@H](C(=O)[O-])[C@@H](O)[C@H](O)[C@H]3O)CC[C@@H]12. The lowest BCUT2D eigenvalue weighted by Gasteiger charge is -2.60. The fraction of sp³-hybridized carbons (Fsp3) is 0.903. The summed E-state index contributed by atoms with van der Waals surface area (Å²) in [6.07, 6.45) is -12.5. The number of aliphatic carboxylic acids is 2. The highest BCUT2D eigenvalue weighted by atomic mass is 16.8. The van der Waals surface area contributed by atoms with Gasteiger partial charge in [0.15, 0.2) is 12.6 Å². The molecular formula is C31H44O14-2. The highest BCUT2D eigenvalue weighted by Gasteiger charge is 2.62. The zero-order chi connectivity index (χ0) is 32.6. The first kappa shape index (κ1) is 33.2. The normalized spacial score (nSPS) is 53.2. The van der Waals surface area contributed by atoms with Gasteiger partial charge in [0, 0.05) is 12.8 Å². The van der Waals surface area contributed by atoms with Gasteiger partial charge in [0.2, 0.25) is 0 Å². The Bertz CT molecular complexity index is 1170. The van der Waals surface area contributed by atoms with E-state index in [0.29, 0.717) is 42.8 Å². The molecule has 0 bridgehead atoms. The van der Waals surface area contributed by atoms with Crippen LogP contribution in [0.2, 0.25) is 0 Å². The van der Waals surface area contributed by atoms with Crippen LogP contribution in [0, 0.1) is 34.5 Å². The van der Waals surface area contributed by atoms with Crippen LogP contribution in [-0.2, 0) is 33.3 Å². The van der Waals surface area contributed by atoms with E-state index in [1.165, 1.54) is 0 Å². The van der Waals surface area contributed by atoms with Gasteiger partial charge in [-0.15, -0.1) is 0 Å². The highest BCUT2D eigenvalue weighted by molar-refractivity contribution is 5.79. The van der Waals surface area contributed by atoms with Crippen LogP contribution in [0.1, 0.15) is 71.6 Å². The van der Waals surface area contributed by atoms with Gasteiger partial charge in [-0.3, -0.25) is 4.79 Å². The predicted molar refractivity (Wildman–Crippen MR) is 144 cm³/mol. The molecule has 6 rings (SSSR count). The van der Waals surface area contributed by atoms with E-state index >= 15 is 0 Å². The van der Waals surface area contributed by atoms with E-state index in [2.05, 4.69) is 13.8 Å². The first-order chi connectivity index (χ1) is 21.2. The third-order valence-electron chi connectivity index (χ3n) is 12.6. The van der Waals surface area contributed by atoms with E-state index in [9.17, 15) is 50.1 Å². The van der Waals surface area contributed by atoms with Crippen LogP contribution in [0.25, 0.3) is 0 Å². The topological polar surface area (TPSA) is 235 Å². The fourth-order valence-corrected chi connectivity index (χ4v) is 9.98. The van der Waals surface area contributed by atoms with Gasteiger partial charge in [-0.25, -0.2) is 0 Å². The summed E-state index contributed by atoms with van der Waals surface area (Å²) in [6, 6.07) is 0. The summed E-state index contributed by atoms with van der Waals surface area (Å²) in [5, 5.41) is 75.6. The molecule has 45 heavy (non-hydrogen) atoms. The average molecular weight is 641 g/mol. The molecule has 5 N–H and O–H groups in total. The van der Waals surface area contributed by atoms with Gasteiger partial charge in [-0.1, -0.05) is 13.8 Å². The molecular weight excluding hydrogens is 596 g/mol. The van der Waals surface area contributed by atoms with E-state index in [4.69, 9.17) is 18.9 Å². The Balaban J connectivity index is 1.22. The van der Waals surface area contributed by atoms with Crippen molar-refractivity contribution >= 4 is 17.7 Å². The molecule has 14 nitrogen and oxygen atoms in total. The maximum absolute atomic E-state index is 12.3. The molecule has 0 aromatic rings. The summed E-state index contributed by atoms with van der Waals surface area (Å²) in [4.78, 5) is 35.6. The lowest BCUT2D eigenvalue weighted by Crippen LogP contribution is -2.67. The van der Waals surface area contributed by atoms with Crippen LogP contribution in [0.3, 0.4) is 0 Å². The summed E-state index contributed by atoms with van der Waals surface area (Å²) >= 11 is 0. The number of aliphatic hydroxyl groups excluding tert-OH is 5. The molecule has 4 aliphatic carbocycles. The van der Waals surface area contributed by atoms with Crippen LogP contribution in [0.15, 0.2) is 0 Å². The number of carbonyl (C=O) groups is 3. The molecule has 6 fully saturated rings. The zero-order valence-electron chi connectivity index (χ0n) is 25.4. The van der Waals surface area contributed by atoms with Crippen molar-refractivity contribution in [3.63, 3.8) is 0 Å². The summed E-state index contributed by atoms with van der Waals surface area (Å²) in [6.45, 7) is 4.49. The van der Waals surface area contributed by atoms with Gasteiger partial charge >= 0.3 is 0 Å². The van der Waals surface area contributed by atoms with Crippen molar-refractivity contribution in [1.82, 2.24) is 0 Å². The predicted octanol–water partition coefficient (Wildman–Crippen LogP) is -2.88. The number of rotatable bonds is 6. The lowest BCUT2D eigenvalue weighted by molar-refractivity contribution is -0.389. The Morgan fingerprint density at radius 1 is 0.733 bits per heavy atom. The Hall–Kier alpha value is -1.75. The van der Waals surface area contributed by atoms with Gasteiger partial charge in [-0.2, -0.15) is 0 Å². The van der Waals surface area contributed by atoms with Crippen molar-refractivity contribution < 1.29 is 69.1 Å². The number of aliphatic hydroxyl groups is 5. The molecule has 14 heteroatoms. The molecule has 254 valence electrons. The van der Waals surface area contributed by atoms with Crippen molar-refractivity contribution in [3.8, 4) is 0 Å². The van der Waals surface area contributed by atoms with Crippen molar-refractivity contribution in [3.05, 3.63) is 0 Å². The summed E-state index contributed by atoms with van der Waals surface area (Å²) in [5.41, 5.74) is -0.241. The number of hydrogen-bond acceptors (Lipinski definition) is 14. The molecule has 17 atom stereocenters. The van der Waals surface area contributed by atoms with Crippen molar-refractivity contribution in [1.29, 1.82) is 0 Å². The summed E-state index contributed by atoms with van der Waals surface area (Å²) in [7, 11) is 0. The molecule has 2 saturated heterocycles. The standard InChI is InChI=1S/C31H46O14/c1-30-9-7-13(32)11-12(30)3-4-14-15-5-6-17(31(15,2)10-8-16(14)30)42-29-25(21(36)20(35)24(44-29)27(40)41)45-28-22(37)18(33)19(34)23(43-28)26(38)39/h12,14-25,28-29,33-37H,3-11H2,1-2H3,(H,38,39)(H,40,41)/p-2/t12-,14-,15-,16-,17-,18-,19-,20-,21-,22+,23-,24-,25+,28-,29+,30-,31-/m0/s1. The smallest absolute Gasteiger partial charge is 0.187 e. The number of carboxylic acids is 2. The maximum Gasteiger partial charge on any atom is 0.187 e. The minimum atomic E-state index is -2.10. The van der Waals surface area contributed by atoms with Crippen LogP contribution in [-0.4, -0.2) is 111 Å². The molecule has 0 amide bonds. The minimum absolute atomic E-state index is 0.104. The van der Waals surface area contributed by atoms with E-state index in [1.807, 2.05) is 0 Å². The number of hydrogen-bond donors (Lipinski definition) is 5. The van der Waals surface area contributed by atoms with Crippen molar-refractivity contribution in [2.24, 2.45) is 34.5 Å². The van der Waals surface area contributed by atoms with Gasteiger partial charge in [0.1, 0.15) is 54.6 Å². The summed E-state index contributed by atoms with van der Waals surface area (Å²) in [5.74, 6) is -1.75. The largest absolute Gasteiger partial charge is 0.547 e.